The molecule has 6 nitrogen and oxygen atoms in total. The van der Waals surface area contributed by atoms with Crippen LogP contribution < -0.4 is 5.32 Å². The number of carbonyl (C=O) groups excluding carboxylic acids is 1. The molecule has 0 radical (unpaired) electrons. The van der Waals surface area contributed by atoms with Crippen molar-refractivity contribution >= 4 is 5.91 Å². The lowest BCUT2D eigenvalue weighted by atomic mass is 9.98. The van der Waals surface area contributed by atoms with Crippen molar-refractivity contribution in [2.24, 2.45) is 0 Å². The lowest BCUT2D eigenvalue weighted by molar-refractivity contribution is -0.125. The largest absolute Gasteiger partial charge is 0.389 e. The molecular weight excluding hydrogens is 280 g/mol. The number of nitrogens with one attached hydrogen (secondary N) is 1. The van der Waals surface area contributed by atoms with Crippen LogP contribution in [0.15, 0.2) is 0 Å². The summed E-state index contributed by atoms with van der Waals surface area (Å²) in [4.78, 5) is 12.0. The van der Waals surface area contributed by atoms with Crippen LogP contribution in [-0.4, -0.2) is 37.9 Å². The van der Waals surface area contributed by atoms with Crippen molar-refractivity contribution < 1.29 is 9.90 Å². The van der Waals surface area contributed by atoms with Gasteiger partial charge in [-0.25, -0.2) is 0 Å². The molecule has 1 amide bonds. The molecule has 1 fully saturated rings. The maximum atomic E-state index is 12.0. The summed E-state index contributed by atoms with van der Waals surface area (Å²) >= 11 is 0. The Balaban J connectivity index is 1.47. The minimum absolute atomic E-state index is 0.0556. The summed E-state index contributed by atoms with van der Waals surface area (Å²) in [6.45, 7) is 1.55. The van der Waals surface area contributed by atoms with Gasteiger partial charge in [-0.2, -0.15) is 0 Å². The second-order valence-corrected chi connectivity index (χ2v) is 6.70. The molecule has 0 aromatic carbocycles. The van der Waals surface area contributed by atoms with Gasteiger partial charge in [0, 0.05) is 25.9 Å². The Kier molecular flexibility index (Phi) is 4.76. The van der Waals surface area contributed by atoms with Crippen LogP contribution in [0, 0.1) is 0 Å². The Bertz CT molecular complexity index is 520. The molecule has 0 saturated heterocycles. The first-order valence-electron chi connectivity index (χ1n) is 8.56. The second kappa shape index (κ2) is 6.77. The zero-order valence-electron chi connectivity index (χ0n) is 13.2. The van der Waals surface area contributed by atoms with Gasteiger partial charge in [-0.15, -0.1) is 10.2 Å². The average molecular weight is 306 g/mol. The maximum Gasteiger partial charge on any atom is 0.222 e. The third-order valence-corrected chi connectivity index (χ3v) is 4.88. The number of aromatic nitrogens is 3. The zero-order valence-corrected chi connectivity index (χ0v) is 13.2. The smallest absolute Gasteiger partial charge is 0.222 e. The Labute approximate surface area is 131 Å². The highest BCUT2D eigenvalue weighted by Gasteiger charge is 2.33. The monoisotopic (exact) mass is 306 g/mol. The van der Waals surface area contributed by atoms with E-state index in [4.69, 9.17) is 0 Å². The quantitative estimate of drug-likeness (QED) is 0.861. The summed E-state index contributed by atoms with van der Waals surface area (Å²) in [5, 5.41) is 21.7. The fourth-order valence-corrected chi connectivity index (χ4v) is 3.62. The molecule has 0 unspecified atom stereocenters. The predicted octanol–water partition coefficient (Wildman–Crippen LogP) is 1.36. The molecule has 1 aliphatic heterocycles. The lowest BCUT2D eigenvalue weighted by Crippen LogP contribution is -2.35. The summed E-state index contributed by atoms with van der Waals surface area (Å²) in [6.07, 6.45) is 9.10. The first kappa shape index (κ1) is 15.5. The lowest BCUT2D eigenvalue weighted by Gasteiger charge is -2.21. The SMILES string of the molecule is O=C(CC1(O)CCCC1)NCCc1nnc2n1CCCCC2. The summed E-state index contributed by atoms with van der Waals surface area (Å²) < 4.78 is 2.21. The van der Waals surface area contributed by atoms with Crippen LogP contribution in [0.5, 0.6) is 0 Å². The van der Waals surface area contributed by atoms with Gasteiger partial charge in [0.05, 0.1) is 12.0 Å². The van der Waals surface area contributed by atoms with Crippen molar-refractivity contribution in [3.63, 3.8) is 0 Å². The van der Waals surface area contributed by atoms with Crippen molar-refractivity contribution in [1.29, 1.82) is 0 Å². The number of carbonyl (C=O) groups is 1. The third-order valence-electron chi connectivity index (χ3n) is 4.88. The van der Waals surface area contributed by atoms with Crippen LogP contribution >= 0.6 is 0 Å². The molecule has 2 aliphatic rings. The van der Waals surface area contributed by atoms with Gasteiger partial charge in [0.2, 0.25) is 5.91 Å². The molecule has 0 atom stereocenters. The van der Waals surface area contributed by atoms with E-state index in [1.165, 1.54) is 19.3 Å². The first-order valence-corrected chi connectivity index (χ1v) is 8.56. The number of hydrogen-bond acceptors (Lipinski definition) is 4. The van der Waals surface area contributed by atoms with Gasteiger partial charge in [0.25, 0.3) is 0 Å². The van der Waals surface area contributed by atoms with Crippen molar-refractivity contribution in [1.82, 2.24) is 20.1 Å². The Morgan fingerprint density at radius 3 is 2.82 bits per heavy atom. The number of amides is 1. The highest BCUT2D eigenvalue weighted by Crippen LogP contribution is 2.32. The van der Waals surface area contributed by atoms with E-state index < -0.39 is 5.60 Å². The van der Waals surface area contributed by atoms with Gasteiger partial charge in [-0.05, 0) is 25.7 Å². The molecule has 122 valence electrons. The van der Waals surface area contributed by atoms with E-state index in [0.717, 1.165) is 50.3 Å². The van der Waals surface area contributed by atoms with E-state index in [-0.39, 0.29) is 12.3 Å². The van der Waals surface area contributed by atoms with Gasteiger partial charge < -0.3 is 15.0 Å². The molecule has 1 aliphatic carbocycles. The maximum absolute atomic E-state index is 12.0. The fraction of sp³-hybridized carbons (Fsp3) is 0.812. The molecule has 1 saturated carbocycles. The molecule has 2 heterocycles. The highest BCUT2D eigenvalue weighted by atomic mass is 16.3. The number of hydrogen-bond donors (Lipinski definition) is 2. The summed E-state index contributed by atoms with van der Waals surface area (Å²) in [6, 6.07) is 0. The molecule has 2 N–H and O–H groups in total. The van der Waals surface area contributed by atoms with E-state index in [9.17, 15) is 9.90 Å². The molecule has 22 heavy (non-hydrogen) atoms. The molecular formula is C16H26N4O2. The van der Waals surface area contributed by atoms with Crippen LogP contribution in [0.3, 0.4) is 0 Å². The topological polar surface area (TPSA) is 80.0 Å². The van der Waals surface area contributed by atoms with Crippen LogP contribution in [0.1, 0.15) is 63.0 Å². The number of fused-ring (bicyclic) bond motifs is 1. The van der Waals surface area contributed by atoms with Crippen molar-refractivity contribution in [2.45, 2.75) is 76.4 Å². The van der Waals surface area contributed by atoms with Crippen LogP contribution in [-0.2, 0) is 24.2 Å². The standard InChI is InChI=1S/C16H26N4O2/c21-15(12-16(22)8-3-4-9-16)17-10-7-14-19-18-13-6-2-1-5-11-20(13)14/h22H,1-12H2,(H,17,21). The normalized spacial score (nSPS) is 20.4. The summed E-state index contributed by atoms with van der Waals surface area (Å²) in [7, 11) is 0. The minimum Gasteiger partial charge on any atom is -0.389 e. The number of nitrogens with zero attached hydrogens (tertiary/aromatic N) is 3. The van der Waals surface area contributed by atoms with Crippen molar-refractivity contribution in [3.05, 3.63) is 11.6 Å². The second-order valence-electron chi connectivity index (χ2n) is 6.70. The van der Waals surface area contributed by atoms with E-state index in [0.29, 0.717) is 13.0 Å². The predicted molar refractivity (Wildman–Crippen MR) is 82.3 cm³/mol. The van der Waals surface area contributed by atoms with E-state index in [1.54, 1.807) is 0 Å². The Morgan fingerprint density at radius 2 is 2.00 bits per heavy atom. The van der Waals surface area contributed by atoms with Gasteiger partial charge in [0.1, 0.15) is 11.6 Å². The number of rotatable bonds is 5. The highest BCUT2D eigenvalue weighted by molar-refractivity contribution is 5.77. The number of aliphatic hydroxyl groups is 1. The zero-order chi connectivity index (χ0) is 15.4. The molecule has 3 rings (SSSR count). The first-order chi connectivity index (χ1) is 10.7. The molecule has 1 aromatic heterocycles. The van der Waals surface area contributed by atoms with Gasteiger partial charge in [0.15, 0.2) is 0 Å². The molecule has 1 aromatic rings. The summed E-state index contributed by atoms with van der Waals surface area (Å²) in [5.41, 5.74) is -0.768. The molecule has 6 heteroatoms. The van der Waals surface area contributed by atoms with Gasteiger partial charge in [-0.1, -0.05) is 19.3 Å². The number of aryl methyl sites for hydroxylation is 1. The van der Waals surface area contributed by atoms with Crippen LogP contribution in [0.2, 0.25) is 0 Å². The molecule has 0 spiro atoms. The van der Waals surface area contributed by atoms with Crippen LogP contribution in [0.25, 0.3) is 0 Å². The van der Waals surface area contributed by atoms with Crippen LogP contribution in [0.4, 0.5) is 0 Å². The fourth-order valence-electron chi connectivity index (χ4n) is 3.62. The van der Waals surface area contributed by atoms with Gasteiger partial charge >= 0.3 is 0 Å². The van der Waals surface area contributed by atoms with E-state index >= 15 is 0 Å². The van der Waals surface area contributed by atoms with E-state index in [1.807, 2.05) is 0 Å². The summed E-state index contributed by atoms with van der Waals surface area (Å²) in [5.74, 6) is 2.00. The van der Waals surface area contributed by atoms with Crippen molar-refractivity contribution in [3.8, 4) is 0 Å². The molecule has 0 bridgehead atoms. The average Bonchev–Trinajstić information content (AvgIpc) is 2.99. The van der Waals surface area contributed by atoms with Gasteiger partial charge in [-0.3, -0.25) is 4.79 Å². The van der Waals surface area contributed by atoms with E-state index in [2.05, 4.69) is 20.1 Å². The Hall–Kier alpha value is -1.43. The third kappa shape index (κ3) is 3.66. The van der Waals surface area contributed by atoms with Crippen molar-refractivity contribution in [2.75, 3.05) is 6.54 Å². The minimum atomic E-state index is -0.768. The Morgan fingerprint density at radius 1 is 1.18 bits per heavy atom.